The average molecular weight is 326 g/mol. The van der Waals surface area contributed by atoms with Gasteiger partial charge < -0.3 is 10.0 Å². The molecule has 0 radical (unpaired) electrons. The third-order valence-corrected chi connectivity index (χ3v) is 6.22. The molecule has 1 aliphatic heterocycles. The van der Waals surface area contributed by atoms with Crippen LogP contribution in [0.3, 0.4) is 0 Å². The van der Waals surface area contributed by atoms with E-state index in [-0.39, 0.29) is 16.5 Å². The lowest BCUT2D eigenvalue weighted by Crippen LogP contribution is -2.45. The second-order valence-electron chi connectivity index (χ2n) is 5.52. The molecule has 0 atom stereocenters. The van der Waals surface area contributed by atoms with Gasteiger partial charge in [0.2, 0.25) is 10.0 Å². The van der Waals surface area contributed by atoms with Crippen molar-refractivity contribution in [3.63, 3.8) is 0 Å². The normalized spacial score (nSPS) is 17.8. The van der Waals surface area contributed by atoms with E-state index in [0.717, 1.165) is 32.5 Å². The Morgan fingerprint density at radius 1 is 1.27 bits per heavy atom. The fraction of sp³-hybridized carbons (Fsp3) is 0.533. The smallest absolute Gasteiger partial charge is 0.335 e. The van der Waals surface area contributed by atoms with Gasteiger partial charge >= 0.3 is 5.97 Å². The molecule has 22 heavy (non-hydrogen) atoms. The van der Waals surface area contributed by atoms with Crippen LogP contribution in [0.25, 0.3) is 0 Å². The number of nitrogens with zero attached hydrogens (tertiary/aromatic N) is 2. The Morgan fingerprint density at radius 3 is 2.27 bits per heavy atom. The van der Waals surface area contributed by atoms with Crippen molar-refractivity contribution in [2.24, 2.45) is 0 Å². The third-order valence-electron chi connectivity index (χ3n) is 4.30. The van der Waals surface area contributed by atoms with Gasteiger partial charge in [0.25, 0.3) is 0 Å². The minimum atomic E-state index is -3.58. The molecule has 0 unspecified atom stereocenters. The van der Waals surface area contributed by atoms with Crippen LogP contribution in [-0.4, -0.2) is 61.4 Å². The zero-order valence-electron chi connectivity index (χ0n) is 12.9. The Hall–Kier alpha value is -1.44. The molecule has 1 aromatic carbocycles. The molecule has 6 nitrogen and oxygen atoms in total. The number of rotatable bonds is 5. The minimum absolute atomic E-state index is 0.00745. The van der Waals surface area contributed by atoms with Gasteiger partial charge in [0.15, 0.2) is 0 Å². The van der Waals surface area contributed by atoms with Crippen molar-refractivity contribution in [1.82, 2.24) is 9.21 Å². The number of benzene rings is 1. The highest BCUT2D eigenvalue weighted by atomic mass is 32.2. The van der Waals surface area contributed by atoms with Crippen molar-refractivity contribution >= 4 is 16.0 Å². The van der Waals surface area contributed by atoms with Gasteiger partial charge in [0.05, 0.1) is 10.5 Å². The molecule has 1 heterocycles. The summed E-state index contributed by atoms with van der Waals surface area (Å²) >= 11 is 0. The Labute approximate surface area is 131 Å². The van der Waals surface area contributed by atoms with Crippen LogP contribution >= 0.6 is 0 Å². The number of hydrogen-bond donors (Lipinski definition) is 1. The number of aromatic carboxylic acids is 1. The topological polar surface area (TPSA) is 77.9 Å². The van der Waals surface area contributed by atoms with Crippen LogP contribution in [0.15, 0.2) is 29.2 Å². The van der Waals surface area contributed by atoms with Crippen molar-refractivity contribution in [3.8, 4) is 0 Å². The minimum Gasteiger partial charge on any atom is -0.478 e. The second-order valence-corrected chi connectivity index (χ2v) is 7.51. The number of piperidine rings is 1. The highest BCUT2D eigenvalue weighted by Gasteiger charge is 2.30. The number of hydrogen-bond acceptors (Lipinski definition) is 4. The molecule has 2 rings (SSSR count). The van der Waals surface area contributed by atoms with Gasteiger partial charge in [-0.05, 0) is 56.7 Å². The van der Waals surface area contributed by atoms with Crippen molar-refractivity contribution < 1.29 is 18.3 Å². The summed E-state index contributed by atoms with van der Waals surface area (Å²) in [5.41, 5.74) is 0.0813. The summed E-state index contributed by atoms with van der Waals surface area (Å²) in [5.74, 6) is -1.07. The molecule has 7 heteroatoms. The Kier molecular flexibility index (Phi) is 5.20. The first-order chi connectivity index (χ1) is 10.4. The molecule has 1 saturated heterocycles. The SMILES string of the molecule is CCN1CCC(N(C)S(=O)(=O)c2ccc(C(=O)O)cc2)CC1. The first-order valence-electron chi connectivity index (χ1n) is 7.40. The van der Waals surface area contributed by atoms with E-state index in [1.807, 2.05) is 0 Å². The van der Waals surface area contributed by atoms with Gasteiger partial charge in [-0.15, -0.1) is 0 Å². The van der Waals surface area contributed by atoms with Crippen LogP contribution in [0.2, 0.25) is 0 Å². The fourth-order valence-electron chi connectivity index (χ4n) is 2.73. The molecule has 0 aliphatic carbocycles. The molecule has 0 bridgehead atoms. The standard InChI is InChI=1S/C15H22N2O4S/c1-3-17-10-8-13(9-11-17)16(2)22(20,21)14-6-4-12(5-7-14)15(18)19/h4-7,13H,3,8-11H2,1-2H3,(H,18,19). The lowest BCUT2D eigenvalue weighted by molar-refractivity contribution is 0.0696. The molecule has 122 valence electrons. The maximum Gasteiger partial charge on any atom is 0.335 e. The number of likely N-dealkylation sites (tertiary alicyclic amines) is 1. The summed E-state index contributed by atoms with van der Waals surface area (Å²) < 4.78 is 26.7. The first-order valence-corrected chi connectivity index (χ1v) is 8.84. The van der Waals surface area contributed by atoms with Crippen LogP contribution in [0.1, 0.15) is 30.1 Å². The van der Waals surface area contributed by atoms with Crippen LogP contribution in [0.5, 0.6) is 0 Å². The van der Waals surface area contributed by atoms with Gasteiger partial charge in [-0.3, -0.25) is 0 Å². The highest BCUT2D eigenvalue weighted by molar-refractivity contribution is 7.89. The highest BCUT2D eigenvalue weighted by Crippen LogP contribution is 2.23. The molecule has 0 amide bonds. The number of carbonyl (C=O) groups is 1. The molecule has 0 aromatic heterocycles. The number of carboxylic acids is 1. The molecule has 1 aromatic rings. The van der Waals surface area contributed by atoms with E-state index >= 15 is 0 Å². The van der Waals surface area contributed by atoms with E-state index < -0.39 is 16.0 Å². The predicted molar refractivity (Wildman–Crippen MR) is 83.5 cm³/mol. The van der Waals surface area contributed by atoms with E-state index in [1.54, 1.807) is 7.05 Å². The maximum absolute atomic E-state index is 12.6. The summed E-state index contributed by atoms with van der Waals surface area (Å²) in [6.45, 7) is 4.89. The van der Waals surface area contributed by atoms with E-state index in [0.29, 0.717) is 0 Å². The lowest BCUT2D eigenvalue weighted by atomic mass is 10.1. The molecule has 1 aliphatic rings. The predicted octanol–water partition coefficient (Wildman–Crippen LogP) is 1.49. The molecular formula is C15H22N2O4S. The van der Waals surface area contributed by atoms with Crippen molar-refractivity contribution in [2.75, 3.05) is 26.7 Å². The van der Waals surface area contributed by atoms with Gasteiger partial charge in [-0.2, -0.15) is 4.31 Å². The molecule has 0 spiro atoms. The van der Waals surface area contributed by atoms with Crippen molar-refractivity contribution in [2.45, 2.75) is 30.7 Å². The van der Waals surface area contributed by atoms with Gasteiger partial charge in [0, 0.05) is 13.1 Å². The Bertz CT molecular complexity index is 619. The van der Waals surface area contributed by atoms with Gasteiger partial charge in [0.1, 0.15) is 0 Å². The summed E-state index contributed by atoms with van der Waals surface area (Å²) in [7, 11) is -1.98. The lowest BCUT2D eigenvalue weighted by Gasteiger charge is -2.35. The maximum atomic E-state index is 12.6. The quantitative estimate of drug-likeness (QED) is 0.887. The van der Waals surface area contributed by atoms with Crippen LogP contribution < -0.4 is 0 Å². The van der Waals surface area contributed by atoms with Crippen molar-refractivity contribution in [3.05, 3.63) is 29.8 Å². The zero-order chi connectivity index (χ0) is 16.3. The van der Waals surface area contributed by atoms with Crippen molar-refractivity contribution in [1.29, 1.82) is 0 Å². The summed E-state index contributed by atoms with van der Waals surface area (Å²) in [5, 5.41) is 8.88. The number of sulfonamides is 1. The zero-order valence-corrected chi connectivity index (χ0v) is 13.7. The van der Waals surface area contributed by atoms with E-state index in [1.165, 1.54) is 28.6 Å². The van der Waals surface area contributed by atoms with Gasteiger partial charge in [-0.1, -0.05) is 6.92 Å². The Balaban J connectivity index is 2.14. The van der Waals surface area contributed by atoms with E-state index in [4.69, 9.17) is 5.11 Å². The molecule has 1 N–H and O–H groups in total. The fourth-order valence-corrected chi connectivity index (χ4v) is 4.15. The first kappa shape index (κ1) is 16.9. The summed E-state index contributed by atoms with van der Waals surface area (Å²) in [6.07, 6.45) is 1.63. The molecule has 0 saturated carbocycles. The van der Waals surface area contributed by atoms with Gasteiger partial charge in [-0.25, -0.2) is 13.2 Å². The Morgan fingerprint density at radius 2 is 1.82 bits per heavy atom. The van der Waals surface area contributed by atoms with E-state index in [2.05, 4.69) is 11.8 Å². The average Bonchev–Trinajstić information content (AvgIpc) is 2.54. The summed E-state index contributed by atoms with van der Waals surface area (Å²) in [4.78, 5) is 13.3. The molecule has 1 fully saturated rings. The van der Waals surface area contributed by atoms with Crippen LogP contribution in [0.4, 0.5) is 0 Å². The van der Waals surface area contributed by atoms with Crippen LogP contribution in [-0.2, 0) is 10.0 Å². The monoisotopic (exact) mass is 326 g/mol. The largest absolute Gasteiger partial charge is 0.478 e. The summed E-state index contributed by atoms with van der Waals surface area (Å²) in [6, 6.07) is 5.35. The second kappa shape index (κ2) is 6.76. The third kappa shape index (κ3) is 3.48. The molecular weight excluding hydrogens is 304 g/mol. The number of carboxylic acid groups (broad SMARTS) is 1. The van der Waals surface area contributed by atoms with E-state index in [9.17, 15) is 13.2 Å². The van der Waals surface area contributed by atoms with Crippen LogP contribution in [0, 0.1) is 0 Å².